The molecular weight excluding hydrogens is 104 g/mol. The Kier molecular flexibility index (Phi) is 2.90. The highest BCUT2D eigenvalue weighted by Crippen LogP contribution is 1.88. The van der Waals surface area contributed by atoms with Crippen LogP contribution in [0, 0.1) is 22.7 Å². The molecule has 0 heterocycles. The van der Waals surface area contributed by atoms with Gasteiger partial charge in [-0.15, -0.1) is 0 Å². The van der Waals surface area contributed by atoms with Crippen LogP contribution in [0.4, 0.5) is 0 Å². The van der Waals surface area contributed by atoms with Crippen molar-refractivity contribution in [3.63, 3.8) is 0 Å². The second kappa shape index (κ2) is 3.61. The summed E-state index contributed by atoms with van der Waals surface area (Å²) in [5.74, 6) is 1.34. The van der Waals surface area contributed by atoms with Crippen LogP contribution in [0.1, 0.15) is 6.42 Å². The summed E-state index contributed by atoms with van der Waals surface area (Å²) in [4.78, 5) is 9.59. The number of rotatable bonds is 1. The Labute approximate surface area is 46.5 Å². The average Bonchev–Trinajstić information content (AvgIpc) is 1.83. The molecule has 0 atom stereocenters. The highest BCUT2D eigenvalue weighted by Gasteiger charge is 1.90. The molecule has 0 aromatic heterocycles. The summed E-state index contributed by atoms with van der Waals surface area (Å²) in [5, 5.41) is 15.9. The quantitative estimate of drug-likeness (QED) is 0.354. The van der Waals surface area contributed by atoms with Crippen LogP contribution in [0.5, 0.6) is 0 Å². The molecule has 0 bridgehead atoms. The summed E-state index contributed by atoms with van der Waals surface area (Å²) in [5.41, 5.74) is -0.146. The fourth-order valence-electron chi connectivity index (χ4n) is 0.177. The smallest absolute Gasteiger partial charge is 0.140 e. The summed E-state index contributed by atoms with van der Waals surface area (Å²) >= 11 is 0. The van der Waals surface area contributed by atoms with E-state index in [9.17, 15) is 4.79 Å². The third kappa shape index (κ3) is 1.77. The zero-order valence-corrected chi connectivity index (χ0v) is 4.01. The standard InChI is InChI=1S/C5H2N2O/c6-2-1-5(3-7)4-8/h1H2. The van der Waals surface area contributed by atoms with Gasteiger partial charge < -0.3 is 0 Å². The Morgan fingerprint density at radius 1 is 1.50 bits per heavy atom. The van der Waals surface area contributed by atoms with E-state index in [-0.39, 0.29) is 12.0 Å². The largest absolute Gasteiger partial charge is 0.232 e. The predicted molar refractivity (Wildman–Crippen MR) is 25.0 cm³/mol. The molecule has 0 aromatic rings. The molecule has 0 amide bonds. The molecule has 0 saturated heterocycles. The Morgan fingerprint density at radius 3 is 2.25 bits per heavy atom. The van der Waals surface area contributed by atoms with Crippen molar-refractivity contribution in [3.8, 4) is 12.1 Å². The van der Waals surface area contributed by atoms with E-state index in [1.165, 1.54) is 12.0 Å². The summed E-state index contributed by atoms with van der Waals surface area (Å²) in [6, 6.07) is 3.17. The van der Waals surface area contributed by atoms with Gasteiger partial charge in [0.2, 0.25) is 0 Å². The fraction of sp³-hybridized carbons (Fsp3) is 0.200. The van der Waals surface area contributed by atoms with E-state index in [4.69, 9.17) is 10.5 Å². The van der Waals surface area contributed by atoms with Crippen molar-refractivity contribution in [1.82, 2.24) is 0 Å². The maximum absolute atomic E-state index is 9.59. The van der Waals surface area contributed by atoms with Crippen LogP contribution in [-0.2, 0) is 4.79 Å². The van der Waals surface area contributed by atoms with E-state index in [0.717, 1.165) is 0 Å². The molecule has 0 aliphatic carbocycles. The second-order valence-electron chi connectivity index (χ2n) is 1.03. The van der Waals surface area contributed by atoms with E-state index in [2.05, 4.69) is 0 Å². The van der Waals surface area contributed by atoms with Crippen molar-refractivity contribution in [1.29, 1.82) is 10.5 Å². The summed E-state index contributed by atoms with van der Waals surface area (Å²) in [7, 11) is 0. The molecule has 0 rings (SSSR count). The van der Waals surface area contributed by atoms with Gasteiger partial charge in [0.05, 0.1) is 12.5 Å². The van der Waals surface area contributed by atoms with E-state index >= 15 is 0 Å². The molecule has 0 fully saturated rings. The predicted octanol–water partition coefficient (Wildman–Crippen LogP) is 0.182. The third-order valence-electron chi connectivity index (χ3n) is 0.514. The molecule has 0 radical (unpaired) electrons. The van der Waals surface area contributed by atoms with E-state index in [1.807, 2.05) is 0 Å². The Balaban J connectivity index is 4.04. The third-order valence-corrected chi connectivity index (χ3v) is 0.514. The first-order valence-electron chi connectivity index (χ1n) is 1.86. The van der Waals surface area contributed by atoms with Crippen molar-refractivity contribution in [3.05, 3.63) is 5.57 Å². The Hall–Kier alpha value is -1.57. The van der Waals surface area contributed by atoms with E-state index in [0.29, 0.717) is 0 Å². The van der Waals surface area contributed by atoms with Crippen molar-refractivity contribution in [2.75, 3.05) is 0 Å². The molecule has 38 valence electrons. The van der Waals surface area contributed by atoms with E-state index < -0.39 is 0 Å². The number of nitriles is 2. The van der Waals surface area contributed by atoms with E-state index in [1.54, 1.807) is 6.07 Å². The van der Waals surface area contributed by atoms with Gasteiger partial charge in [0.1, 0.15) is 17.6 Å². The van der Waals surface area contributed by atoms with Gasteiger partial charge in [-0.1, -0.05) is 0 Å². The second-order valence-corrected chi connectivity index (χ2v) is 1.03. The van der Waals surface area contributed by atoms with Gasteiger partial charge in [0.25, 0.3) is 0 Å². The molecule has 0 aromatic carbocycles. The minimum atomic E-state index is -0.146. The van der Waals surface area contributed by atoms with Crippen LogP contribution in [-0.4, -0.2) is 5.94 Å². The molecule has 0 aliphatic rings. The van der Waals surface area contributed by atoms with Crippen LogP contribution in [0.3, 0.4) is 0 Å². The van der Waals surface area contributed by atoms with Crippen molar-refractivity contribution < 1.29 is 4.79 Å². The summed E-state index contributed by atoms with van der Waals surface area (Å²) in [6.07, 6.45) is -0.139. The number of hydrogen-bond donors (Lipinski definition) is 0. The molecule has 0 spiro atoms. The monoisotopic (exact) mass is 106 g/mol. The first-order chi connectivity index (χ1) is 3.85. The molecular formula is C5H2N2O. The van der Waals surface area contributed by atoms with Crippen molar-refractivity contribution >= 4 is 5.94 Å². The molecule has 0 aliphatic heterocycles. The van der Waals surface area contributed by atoms with Crippen molar-refractivity contribution in [2.45, 2.75) is 6.42 Å². The van der Waals surface area contributed by atoms with Crippen molar-refractivity contribution in [2.24, 2.45) is 0 Å². The maximum Gasteiger partial charge on any atom is 0.140 e. The maximum atomic E-state index is 9.59. The van der Waals surface area contributed by atoms with Gasteiger partial charge in [-0.25, -0.2) is 4.79 Å². The molecule has 0 saturated carbocycles. The molecule has 0 unspecified atom stereocenters. The number of hydrogen-bond acceptors (Lipinski definition) is 3. The number of nitrogens with zero attached hydrogens (tertiary/aromatic N) is 2. The summed E-state index contributed by atoms with van der Waals surface area (Å²) < 4.78 is 0. The molecule has 3 heteroatoms. The lowest BCUT2D eigenvalue weighted by Crippen LogP contribution is -1.74. The average molecular weight is 106 g/mol. The van der Waals surface area contributed by atoms with Gasteiger partial charge in [0, 0.05) is 0 Å². The molecule has 0 N–H and O–H groups in total. The van der Waals surface area contributed by atoms with Crippen LogP contribution >= 0.6 is 0 Å². The SMILES string of the molecule is N#CCC(=C=O)C#N. The highest BCUT2D eigenvalue weighted by molar-refractivity contribution is 5.59. The number of carbonyl (C=O) groups excluding carboxylic acids is 1. The van der Waals surface area contributed by atoms with Gasteiger partial charge >= 0.3 is 0 Å². The zero-order valence-electron chi connectivity index (χ0n) is 4.01. The normalized spacial score (nSPS) is 5.75. The van der Waals surface area contributed by atoms with Crippen LogP contribution in [0.2, 0.25) is 0 Å². The Bertz CT molecular complexity index is 199. The first kappa shape index (κ1) is 6.43. The van der Waals surface area contributed by atoms with Crippen LogP contribution < -0.4 is 0 Å². The lowest BCUT2D eigenvalue weighted by Gasteiger charge is -1.71. The molecule has 8 heavy (non-hydrogen) atoms. The summed E-state index contributed by atoms with van der Waals surface area (Å²) in [6.45, 7) is 0. The Morgan fingerprint density at radius 2 is 2.12 bits per heavy atom. The lowest BCUT2D eigenvalue weighted by atomic mass is 10.3. The molecule has 3 nitrogen and oxygen atoms in total. The zero-order chi connectivity index (χ0) is 6.41. The number of allylic oxidation sites excluding steroid dienone is 1. The fourth-order valence-corrected chi connectivity index (χ4v) is 0.177. The van der Waals surface area contributed by atoms with Gasteiger partial charge in [-0.2, -0.15) is 10.5 Å². The van der Waals surface area contributed by atoms with Gasteiger partial charge in [-0.05, 0) is 0 Å². The highest BCUT2D eigenvalue weighted by atomic mass is 16.1. The van der Waals surface area contributed by atoms with Gasteiger partial charge in [-0.3, -0.25) is 0 Å². The minimum Gasteiger partial charge on any atom is -0.232 e. The van der Waals surface area contributed by atoms with Gasteiger partial charge in [0.15, 0.2) is 0 Å². The van der Waals surface area contributed by atoms with Crippen LogP contribution in [0.25, 0.3) is 0 Å². The topological polar surface area (TPSA) is 64.7 Å². The lowest BCUT2D eigenvalue weighted by molar-refractivity contribution is 0.567. The minimum absolute atomic E-state index is 0.139. The first-order valence-corrected chi connectivity index (χ1v) is 1.86. The van der Waals surface area contributed by atoms with Crippen LogP contribution in [0.15, 0.2) is 5.57 Å².